The van der Waals surface area contributed by atoms with Gasteiger partial charge in [0.2, 0.25) is 5.91 Å². The third-order valence-electron chi connectivity index (χ3n) is 12.4. The van der Waals surface area contributed by atoms with Crippen molar-refractivity contribution in [2.75, 3.05) is 45.8 Å². The monoisotopic (exact) mass is 816 g/mol. The molecule has 2 N–H and O–H groups in total. The van der Waals surface area contributed by atoms with Gasteiger partial charge in [-0.2, -0.15) is 0 Å². The fraction of sp³-hybridized carbons (Fsp3) is 0.614. The van der Waals surface area contributed by atoms with Gasteiger partial charge in [0.25, 0.3) is 5.91 Å². The van der Waals surface area contributed by atoms with Gasteiger partial charge in [-0.15, -0.1) is 11.8 Å². The quantitative estimate of drug-likeness (QED) is 0.167. The first-order valence-corrected chi connectivity index (χ1v) is 21.8. The Bertz CT molecular complexity index is 1990. The normalized spacial score (nSPS) is 28.7. The van der Waals surface area contributed by atoms with E-state index in [1.54, 1.807) is 25.1 Å². The molecule has 7 atom stereocenters. The standard InChI is InChI=1S/C44H60N6O7S/c1-9-30(39(45-10-2)27(5)54-8)40-32-20-44(6,7)24-57-43(53)33-12-11-15-50(48-33)42(52)34(47-41(51)38-25(3)26(38)4)19-37-46-35(23-58-37)28-13-14-36(31(32)18-28)49(40)16-17-56-29-21-55-22-29/h9-10,13-14,18,25-27,29,33-35,38,48H,1,11-12,15-17,19-24H2,2-8H3,(H,47,51)/b39-30+,45-10-/t25-,26+,27-,33-,34-,35?,38+/m0/s1. The Morgan fingerprint density at radius 2 is 2.02 bits per heavy atom. The fourth-order valence-electron chi connectivity index (χ4n) is 8.64. The van der Waals surface area contributed by atoms with Gasteiger partial charge in [-0.25, -0.2) is 5.43 Å². The molecule has 5 aliphatic rings. The fourth-order valence-corrected chi connectivity index (χ4v) is 9.75. The highest BCUT2D eigenvalue weighted by Crippen LogP contribution is 2.46. The smallest absolute Gasteiger partial charge is 0.324 e. The Morgan fingerprint density at radius 1 is 1.24 bits per heavy atom. The lowest BCUT2D eigenvalue weighted by molar-refractivity contribution is -0.155. The first kappa shape index (κ1) is 42.3. The van der Waals surface area contributed by atoms with Gasteiger partial charge in [-0.1, -0.05) is 46.4 Å². The van der Waals surface area contributed by atoms with E-state index in [0.717, 1.165) is 44.0 Å². The molecule has 7 rings (SSSR count). The minimum atomic E-state index is -0.824. The van der Waals surface area contributed by atoms with Crippen molar-refractivity contribution in [3.63, 3.8) is 0 Å². The van der Waals surface area contributed by atoms with E-state index in [2.05, 4.69) is 67.8 Å². The summed E-state index contributed by atoms with van der Waals surface area (Å²) in [7, 11) is 1.68. The number of aromatic nitrogens is 1. The van der Waals surface area contributed by atoms with Crippen molar-refractivity contribution in [1.82, 2.24) is 20.3 Å². The molecule has 14 heteroatoms. The van der Waals surface area contributed by atoms with Crippen LogP contribution in [0.1, 0.15) is 83.7 Å². The second-order valence-corrected chi connectivity index (χ2v) is 18.3. The molecule has 314 valence electrons. The lowest BCUT2D eigenvalue weighted by Crippen LogP contribution is -2.60. The molecule has 2 aromatic rings. The van der Waals surface area contributed by atoms with Crippen molar-refractivity contribution in [1.29, 1.82) is 0 Å². The second kappa shape index (κ2) is 17.8. The number of hydrogen-bond donors (Lipinski definition) is 2. The van der Waals surface area contributed by atoms with E-state index in [1.165, 1.54) is 5.01 Å². The van der Waals surface area contributed by atoms with Crippen molar-refractivity contribution in [3.05, 3.63) is 53.4 Å². The SMILES string of the molecule is C=C/C(=C(\N=C/C)[C@H](C)OC)c1c2c3cc(ccc3n1CCOC1COC1)C1CSC(=N1)C[C@H](NC(=O)[C@H]1[C@H](C)[C@@H]1C)C(=O)N1CCC[C@H](N1)C(=O)OCC(C)(C)C2. The lowest BCUT2D eigenvalue weighted by atomic mass is 9.84. The van der Waals surface area contributed by atoms with Gasteiger partial charge in [0.05, 0.1) is 55.0 Å². The second-order valence-electron chi connectivity index (χ2n) is 17.2. The number of cyclic esters (lactones) is 1. The summed E-state index contributed by atoms with van der Waals surface area (Å²) in [5.74, 6) is 0.331. The largest absolute Gasteiger partial charge is 0.464 e. The molecular formula is C44H60N6O7S. The van der Waals surface area contributed by atoms with Crippen molar-refractivity contribution in [2.24, 2.45) is 33.2 Å². The number of nitrogens with one attached hydrogen (secondary N) is 2. The average molecular weight is 817 g/mol. The zero-order chi connectivity index (χ0) is 41.3. The van der Waals surface area contributed by atoms with Crippen LogP contribution in [0.15, 0.2) is 46.5 Å². The highest BCUT2D eigenvalue weighted by atomic mass is 32.2. The Kier molecular flexibility index (Phi) is 13.0. The summed E-state index contributed by atoms with van der Waals surface area (Å²) in [4.78, 5) is 51.5. The molecular weight excluding hydrogens is 757 g/mol. The van der Waals surface area contributed by atoms with E-state index in [-0.39, 0.29) is 60.8 Å². The maximum absolute atomic E-state index is 14.2. The van der Waals surface area contributed by atoms with Gasteiger partial charge >= 0.3 is 5.97 Å². The molecule has 1 aromatic heterocycles. The molecule has 1 unspecified atom stereocenters. The van der Waals surface area contributed by atoms with Crippen LogP contribution < -0.4 is 10.7 Å². The average Bonchev–Trinajstić information content (AvgIpc) is 3.45. The molecule has 58 heavy (non-hydrogen) atoms. The van der Waals surface area contributed by atoms with Gasteiger partial charge in [0, 0.05) is 66.4 Å². The Hall–Kier alpha value is -3.82. The number of hydrogen-bond acceptors (Lipinski definition) is 11. The molecule has 1 saturated carbocycles. The number of aliphatic imine (C=N–C) groups is 2. The summed E-state index contributed by atoms with van der Waals surface area (Å²) in [6.07, 6.45) is 5.39. The molecule has 0 spiro atoms. The number of esters is 1. The van der Waals surface area contributed by atoms with E-state index in [4.69, 9.17) is 28.9 Å². The summed E-state index contributed by atoms with van der Waals surface area (Å²) in [5, 5.41) is 6.48. The number of amides is 2. The van der Waals surface area contributed by atoms with Crippen LogP contribution in [0.2, 0.25) is 0 Å². The molecule has 6 bridgehead atoms. The van der Waals surface area contributed by atoms with Crippen molar-refractivity contribution in [3.8, 4) is 0 Å². The Balaban J connectivity index is 1.35. The number of carbonyl (C=O) groups excluding carboxylic acids is 3. The van der Waals surface area contributed by atoms with Crippen LogP contribution in [0.5, 0.6) is 0 Å². The summed E-state index contributed by atoms with van der Waals surface area (Å²) < 4.78 is 25.9. The van der Waals surface area contributed by atoms with E-state index in [1.807, 2.05) is 19.9 Å². The van der Waals surface area contributed by atoms with Crippen molar-refractivity contribution >= 4 is 57.3 Å². The number of thioether (sulfide) groups is 1. The van der Waals surface area contributed by atoms with Gasteiger partial charge in [0.1, 0.15) is 18.2 Å². The van der Waals surface area contributed by atoms with Crippen LogP contribution in [-0.4, -0.2) is 109 Å². The van der Waals surface area contributed by atoms with Gasteiger partial charge in [-0.3, -0.25) is 29.4 Å². The van der Waals surface area contributed by atoms with Crippen LogP contribution in [0.3, 0.4) is 0 Å². The predicted octanol–water partition coefficient (Wildman–Crippen LogP) is 5.66. The highest BCUT2D eigenvalue weighted by Gasteiger charge is 2.49. The van der Waals surface area contributed by atoms with E-state index in [9.17, 15) is 14.4 Å². The van der Waals surface area contributed by atoms with Gasteiger partial charge in [0.15, 0.2) is 0 Å². The lowest BCUT2D eigenvalue weighted by Gasteiger charge is -2.35. The summed E-state index contributed by atoms with van der Waals surface area (Å²) in [5.41, 5.74) is 8.43. The first-order chi connectivity index (χ1) is 27.8. The van der Waals surface area contributed by atoms with Crippen LogP contribution in [0, 0.1) is 23.2 Å². The summed E-state index contributed by atoms with van der Waals surface area (Å²) in [6, 6.07) is 4.90. The Labute approximate surface area is 346 Å². The topological polar surface area (TPSA) is 145 Å². The third-order valence-corrected chi connectivity index (χ3v) is 13.5. The molecule has 13 nitrogen and oxygen atoms in total. The number of rotatable bonds is 11. The molecule has 2 amide bonds. The van der Waals surface area contributed by atoms with Crippen LogP contribution in [0.25, 0.3) is 16.5 Å². The maximum Gasteiger partial charge on any atom is 0.324 e. The minimum absolute atomic E-state index is 0.0749. The number of benzene rings is 1. The molecule has 5 heterocycles. The maximum atomic E-state index is 14.2. The van der Waals surface area contributed by atoms with Gasteiger partial charge < -0.3 is 28.8 Å². The van der Waals surface area contributed by atoms with Gasteiger partial charge in [-0.05, 0) is 68.2 Å². The molecule has 3 fully saturated rings. The molecule has 1 aromatic carbocycles. The third kappa shape index (κ3) is 8.86. The molecule has 0 radical (unpaired) electrons. The number of ether oxygens (including phenoxy) is 4. The first-order valence-electron chi connectivity index (χ1n) is 20.8. The summed E-state index contributed by atoms with van der Waals surface area (Å²) >= 11 is 1.63. The number of fused-ring (bicyclic) bond motifs is 5. The number of allylic oxidation sites excluding steroid dienone is 2. The number of carbonyl (C=O) groups is 3. The number of nitrogens with zero attached hydrogens (tertiary/aromatic N) is 4. The van der Waals surface area contributed by atoms with Crippen LogP contribution >= 0.6 is 11.8 Å². The Morgan fingerprint density at radius 3 is 2.69 bits per heavy atom. The predicted molar refractivity (Wildman–Crippen MR) is 228 cm³/mol. The zero-order valence-corrected chi connectivity index (χ0v) is 35.9. The van der Waals surface area contributed by atoms with Crippen LogP contribution in [-0.2, 0) is 46.3 Å². The van der Waals surface area contributed by atoms with E-state index in [0.29, 0.717) is 57.9 Å². The zero-order valence-electron chi connectivity index (χ0n) is 35.0. The highest BCUT2D eigenvalue weighted by molar-refractivity contribution is 8.14. The molecule has 4 aliphatic heterocycles. The summed E-state index contributed by atoms with van der Waals surface area (Å²) in [6.45, 7) is 19.4. The van der Waals surface area contributed by atoms with E-state index >= 15 is 0 Å². The number of hydrazine groups is 1. The molecule has 2 saturated heterocycles. The van der Waals surface area contributed by atoms with Crippen LogP contribution in [0.4, 0.5) is 0 Å². The van der Waals surface area contributed by atoms with Crippen molar-refractivity contribution in [2.45, 2.75) is 104 Å². The van der Waals surface area contributed by atoms with E-state index < -0.39 is 23.5 Å². The molecule has 1 aliphatic carbocycles. The van der Waals surface area contributed by atoms with Crippen molar-refractivity contribution < 1.29 is 33.3 Å². The number of methoxy groups -OCH3 is 1. The minimum Gasteiger partial charge on any atom is -0.464 e.